The molecule has 0 aliphatic rings. The number of aryl methyl sites for hydroxylation is 2. The molecule has 0 aromatic heterocycles. The average molecular weight is 274 g/mol. The predicted octanol–water partition coefficient (Wildman–Crippen LogP) is 3.82. The highest BCUT2D eigenvalue weighted by Gasteiger charge is 2.13. The summed E-state index contributed by atoms with van der Waals surface area (Å²) in [5.41, 5.74) is 2.73. The van der Waals surface area contributed by atoms with Crippen molar-refractivity contribution >= 4 is 5.97 Å². The lowest BCUT2D eigenvalue weighted by molar-refractivity contribution is 0.0697. The highest BCUT2D eigenvalue weighted by atomic mass is 19.1. The topological polar surface area (TPSA) is 46.5 Å². The summed E-state index contributed by atoms with van der Waals surface area (Å²) in [4.78, 5) is 11.0. The molecule has 2 aromatic rings. The number of aromatic carboxylic acids is 1. The summed E-state index contributed by atoms with van der Waals surface area (Å²) in [6, 6.07) is 7.35. The molecule has 0 fully saturated rings. The van der Waals surface area contributed by atoms with Crippen LogP contribution in [0, 0.1) is 19.7 Å². The Kier molecular flexibility index (Phi) is 3.74. The monoisotopic (exact) mass is 274 g/mol. The SMILES string of the molecule is COc1c(C)cc(-c2cc(C(=O)O)ccc2F)cc1C. The summed E-state index contributed by atoms with van der Waals surface area (Å²) in [5.74, 6) is -0.768. The third-order valence-corrected chi connectivity index (χ3v) is 3.19. The summed E-state index contributed by atoms with van der Waals surface area (Å²) in [7, 11) is 1.58. The van der Waals surface area contributed by atoms with Crippen molar-refractivity contribution in [2.75, 3.05) is 7.11 Å². The average Bonchev–Trinajstić information content (AvgIpc) is 2.38. The number of carbonyl (C=O) groups is 1. The fourth-order valence-electron chi connectivity index (χ4n) is 2.31. The van der Waals surface area contributed by atoms with Gasteiger partial charge in [0.1, 0.15) is 11.6 Å². The van der Waals surface area contributed by atoms with Crippen LogP contribution in [0.5, 0.6) is 5.75 Å². The fraction of sp³-hybridized carbons (Fsp3) is 0.188. The van der Waals surface area contributed by atoms with Crippen LogP contribution in [0.3, 0.4) is 0 Å². The number of carboxylic acid groups (broad SMARTS) is 1. The number of carboxylic acids is 1. The zero-order chi connectivity index (χ0) is 14.9. The van der Waals surface area contributed by atoms with Gasteiger partial charge in [-0.2, -0.15) is 0 Å². The first-order chi connectivity index (χ1) is 9.43. The van der Waals surface area contributed by atoms with Gasteiger partial charge in [-0.25, -0.2) is 9.18 Å². The van der Waals surface area contributed by atoms with Crippen LogP contribution in [0.2, 0.25) is 0 Å². The fourth-order valence-corrected chi connectivity index (χ4v) is 2.31. The second-order valence-corrected chi connectivity index (χ2v) is 4.64. The highest BCUT2D eigenvalue weighted by Crippen LogP contribution is 2.31. The van der Waals surface area contributed by atoms with Crippen LogP contribution in [-0.2, 0) is 0 Å². The number of methoxy groups -OCH3 is 1. The Labute approximate surface area is 116 Å². The van der Waals surface area contributed by atoms with E-state index in [-0.39, 0.29) is 11.1 Å². The maximum atomic E-state index is 13.9. The Morgan fingerprint density at radius 2 is 1.75 bits per heavy atom. The Bertz CT molecular complexity index is 654. The van der Waals surface area contributed by atoms with Crippen molar-refractivity contribution in [3.8, 4) is 16.9 Å². The lowest BCUT2D eigenvalue weighted by atomic mass is 9.98. The van der Waals surface area contributed by atoms with E-state index in [1.165, 1.54) is 18.2 Å². The van der Waals surface area contributed by atoms with Gasteiger partial charge >= 0.3 is 5.97 Å². The number of hydrogen-bond donors (Lipinski definition) is 1. The molecule has 0 spiro atoms. The molecule has 0 unspecified atom stereocenters. The van der Waals surface area contributed by atoms with Gasteiger partial charge in [0.05, 0.1) is 12.7 Å². The molecule has 2 rings (SSSR count). The largest absolute Gasteiger partial charge is 0.496 e. The lowest BCUT2D eigenvalue weighted by Crippen LogP contribution is -1.98. The molecule has 0 atom stereocenters. The Morgan fingerprint density at radius 3 is 2.25 bits per heavy atom. The number of ether oxygens (including phenoxy) is 1. The van der Waals surface area contributed by atoms with Crippen molar-refractivity contribution in [1.82, 2.24) is 0 Å². The zero-order valence-corrected chi connectivity index (χ0v) is 11.5. The molecule has 0 aliphatic heterocycles. The lowest BCUT2D eigenvalue weighted by Gasteiger charge is -2.12. The minimum atomic E-state index is -1.08. The molecule has 3 nitrogen and oxygen atoms in total. The number of rotatable bonds is 3. The van der Waals surface area contributed by atoms with E-state index in [2.05, 4.69) is 0 Å². The van der Waals surface area contributed by atoms with E-state index in [1.54, 1.807) is 19.2 Å². The quantitative estimate of drug-likeness (QED) is 0.925. The molecule has 104 valence electrons. The minimum Gasteiger partial charge on any atom is -0.496 e. The van der Waals surface area contributed by atoms with Crippen molar-refractivity contribution in [2.24, 2.45) is 0 Å². The van der Waals surface area contributed by atoms with Crippen LogP contribution >= 0.6 is 0 Å². The zero-order valence-electron chi connectivity index (χ0n) is 11.5. The van der Waals surface area contributed by atoms with E-state index in [0.717, 1.165) is 16.9 Å². The van der Waals surface area contributed by atoms with Crippen molar-refractivity contribution in [1.29, 1.82) is 0 Å². The summed E-state index contributed by atoms with van der Waals surface area (Å²) in [5, 5.41) is 9.00. The third-order valence-electron chi connectivity index (χ3n) is 3.19. The van der Waals surface area contributed by atoms with Crippen LogP contribution in [-0.4, -0.2) is 18.2 Å². The van der Waals surface area contributed by atoms with Crippen LogP contribution < -0.4 is 4.74 Å². The van der Waals surface area contributed by atoms with Crippen LogP contribution in [0.15, 0.2) is 30.3 Å². The smallest absolute Gasteiger partial charge is 0.335 e. The van der Waals surface area contributed by atoms with Crippen molar-refractivity contribution in [3.63, 3.8) is 0 Å². The van der Waals surface area contributed by atoms with E-state index in [9.17, 15) is 9.18 Å². The number of halogens is 1. The molecule has 0 aliphatic carbocycles. The summed E-state index contributed by atoms with van der Waals surface area (Å²) < 4.78 is 19.2. The molecule has 0 saturated carbocycles. The maximum Gasteiger partial charge on any atom is 0.335 e. The normalized spacial score (nSPS) is 10.4. The van der Waals surface area contributed by atoms with Crippen molar-refractivity contribution in [2.45, 2.75) is 13.8 Å². The summed E-state index contributed by atoms with van der Waals surface area (Å²) in [6.07, 6.45) is 0. The summed E-state index contributed by atoms with van der Waals surface area (Å²) in [6.45, 7) is 3.74. The minimum absolute atomic E-state index is 0.0625. The van der Waals surface area contributed by atoms with E-state index < -0.39 is 11.8 Å². The maximum absolute atomic E-state index is 13.9. The first-order valence-electron chi connectivity index (χ1n) is 6.12. The van der Waals surface area contributed by atoms with E-state index >= 15 is 0 Å². The van der Waals surface area contributed by atoms with Gasteiger partial charge in [0.25, 0.3) is 0 Å². The second kappa shape index (κ2) is 5.33. The van der Waals surface area contributed by atoms with Crippen LogP contribution in [0.4, 0.5) is 4.39 Å². The van der Waals surface area contributed by atoms with Gasteiger partial charge in [0.2, 0.25) is 0 Å². The Balaban J connectivity index is 2.62. The molecule has 0 amide bonds. The van der Waals surface area contributed by atoms with E-state index in [4.69, 9.17) is 9.84 Å². The molecule has 0 heterocycles. The van der Waals surface area contributed by atoms with Gasteiger partial charge in [-0.1, -0.05) is 0 Å². The molecular weight excluding hydrogens is 259 g/mol. The first-order valence-corrected chi connectivity index (χ1v) is 6.12. The molecular formula is C16H15FO3. The predicted molar refractivity (Wildman–Crippen MR) is 74.8 cm³/mol. The van der Waals surface area contributed by atoms with Crippen LogP contribution in [0.1, 0.15) is 21.5 Å². The molecule has 2 aromatic carbocycles. The highest BCUT2D eigenvalue weighted by molar-refractivity contribution is 5.89. The molecule has 0 radical (unpaired) electrons. The van der Waals surface area contributed by atoms with Gasteiger partial charge < -0.3 is 9.84 Å². The van der Waals surface area contributed by atoms with Crippen molar-refractivity contribution in [3.05, 3.63) is 52.8 Å². The molecule has 0 bridgehead atoms. The molecule has 1 N–H and O–H groups in total. The Morgan fingerprint density at radius 1 is 1.15 bits per heavy atom. The number of hydrogen-bond acceptors (Lipinski definition) is 2. The molecule has 4 heteroatoms. The first kappa shape index (κ1) is 14.1. The van der Waals surface area contributed by atoms with Gasteiger partial charge in [-0.05, 0) is 60.9 Å². The van der Waals surface area contributed by atoms with Crippen molar-refractivity contribution < 1.29 is 19.0 Å². The molecule has 20 heavy (non-hydrogen) atoms. The second-order valence-electron chi connectivity index (χ2n) is 4.64. The summed E-state index contributed by atoms with van der Waals surface area (Å²) >= 11 is 0. The van der Waals surface area contributed by atoms with Gasteiger partial charge in [-0.3, -0.25) is 0 Å². The van der Waals surface area contributed by atoms with E-state index in [0.29, 0.717) is 5.56 Å². The standard InChI is InChI=1S/C16H15FO3/c1-9-6-12(7-10(2)15(9)20-3)13-8-11(16(18)19)4-5-14(13)17/h4-8H,1-3H3,(H,18,19). The molecule has 0 saturated heterocycles. The Hall–Kier alpha value is -2.36. The van der Waals surface area contributed by atoms with Crippen LogP contribution in [0.25, 0.3) is 11.1 Å². The third kappa shape index (κ3) is 2.50. The van der Waals surface area contributed by atoms with E-state index in [1.807, 2.05) is 13.8 Å². The van der Waals surface area contributed by atoms with Gasteiger partial charge in [-0.15, -0.1) is 0 Å². The van der Waals surface area contributed by atoms with Gasteiger partial charge in [0.15, 0.2) is 0 Å². The number of benzene rings is 2. The van der Waals surface area contributed by atoms with Gasteiger partial charge in [0, 0.05) is 5.56 Å².